The summed E-state index contributed by atoms with van der Waals surface area (Å²) in [6.07, 6.45) is -5.59. The van der Waals surface area contributed by atoms with Crippen molar-refractivity contribution in [1.82, 2.24) is 0 Å². The monoisotopic (exact) mass is 255 g/mol. The van der Waals surface area contributed by atoms with Gasteiger partial charge in [-0.1, -0.05) is 11.6 Å². The van der Waals surface area contributed by atoms with Gasteiger partial charge in [-0.3, -0.25) is 0 Å². The van der Waals surface area contributed by atoms with Crippen molar-refractivity contribution < 1.29 is 17.6 Å². The lowest BCUT2D eigenvalue weighted by atomic mass is 10.0. The molecule has 2 N–H and O–H groups in total. The van der Waals surface area contributed by atoms with E-state index in [9.17, 15) is 17.6 Å². The zero-order valence-corrected chi connectivity index (χ0v) is 8.95. The van der Waals surface area contributed by atoms with Crippen molar-refractivity contribution in [2.75, 3.05) is 0 Å². The van der Waals surface area contributed by atoms with Crippen LogP contribution in [0.4, 0.5) is 17.6 Å². The molecule has 0 saturated carbocycles. The minimum atomic E-state index is -4.27. The van der Waals surface area contributed by atoms with Gasteiger partial charge in [0.15, 0.2) is 0 Å². The van der Waals surface area contributed by atoms with E-state index >= 15 is 0 Å². The standard InChI is InChI=1S/C10H10ClF4N/c11-8-2-1-6(12)5-7(8)9(16)3-4-10(13,14)15/h1-2,5,9H,3-4,16H2/t9-/m1/s1. The molecule has 0 bridgehead atoms. The smallest absolute Gasteiger partial charge is 0.324 e. The number of hydrogen-bond donors (Lipinski definition) is 1. The molecule has 1 aromatic carbocycles. The summed E-state index contributed by atoms with van der Waals surface area (Å²) in [6, 6.07) is 2.55. The molecule has 0 aliphatic rings. The molecule has 0 aromatic heterocycles. The van der Waals surface area contributed by atoms with E-state index in [-0.39, 0.29) is 17.0 Å². The van der Waals surface area contributed by atoms with Crippen molar-refractivity contribution >= 4 is 11.6 Å². The summed E-state index contributed by atoms with van der Waals surface area (Å²) in [5, 5.41) is 0.177. The van der Waals surface area contributed by atoms with Gasteiger partial charge >= 0.3 is 6.18 Å². The minimum Gasteiger partial charge on any atom is -0.324 e. The summed E-state index contributed by atoms with van der Waals surface area (Å²) >= 11 is 5.71. The Morgan fingerprint density at radius 3 is 2.50 bits per heavy atom. The second-order valence-corrected chi connectivity index (χ2v) is 3.83. The van der Waals surface area contributed by atoms with Crippen molar-refractivity contribution in [1.29, 1.82) is 0 Å². The van der Waals surface area contributed by atoms with Gasteiger partial charge in [0.1, 0.15) is 5.82 Å². The normalized spacial score (nSPS) is 13.9. The van der Waals surface area contributed by atoms with Crippen LogP contribution in [0.25, 0.3) is 0 Å². The molecule has 0 aliphatic heterocycles. The van der Waals surface area contributed by atoms with Gasteiger partial charge in [-0.2, -0.15) is 13.2 Å². The molecule has 0 amide bonds. The molecule has 0 heterocycles. The lowest BCUT2D eigenvalue weighted by Gasteiger charge is -2.14. The maximum Gasteiger partial charge on any atom is 0.389 e. The zero-order chi connectivity index (χ0) is 12.3. The third-order valence-electron chi connectivity index (χ3n) is 2.10. The Hall–Kier alpha value is -0.810. The first-order valence-electron chi connectivity index (χ1n) is 4.57. The Labute approximate surface area is 95.2 Å². The third-order valence-corrected chi connectivity index (χ3v) is 2.44. The van der Waals surface area contributed by atoms with Gasteiger partial charge in [-0.15, -0.1) is 0 Å². The number of benzene rings is 1. The van der Waals surface area contributed by atoms with Crippen LogP contribution >= 0.6 is 11.6 Å². The van der Waals surface area contributed by atoms with Crippen LogP contribution in [0.2, 0.25) is 5.02 Å². The van der Waals surface area contributed by atoms with Crippen molar-refractivity contribution in [3.05, 3.63) is 34.6 Å². The average molecular weight is 256 g/mol. The fourth-order valence-electron chi connectivity index (χ4n) is 1.27. The largest absolute Gasteiger partial charge is 0.389 e. The summed E-state index contributed by atoms with van der Waals surface area (Å²) < 4.78 is 48.7. The molecule has 1 nitrogen and oxygen atoms in total. The molecule has 0 saturated heterocycles. The van der Waals surface area contributed by atoms with Crippen LogP contribution in [-0.2, 0) is 0 Å². The van der Waals surface area contributed by atoms with E-state index in [4.69, 9.17) is 17.3 Å². The van der Waals surface area contributed by atoms with Gasteiger partial charge in [-0.25, -0.2) is 4.39 Å². The van der Waals surface area contributed by atoms with Crippen LogP contribution in [-0.4, -0.2) is 6.18 Å². The predicted molar refractivity (Wildman–Crippen MR) is 53.6 cm³/mol. The molecule has 0 aliphatic carbocycles. The number of alkyl halides is 3. The zero-order valence-electron chi connectivity index (χ0n) is 8.19. The first-order valence-corrected chi connectivity index (χ1v) is 4.94. The van der Waals surface area contributed by atoms with Crippen LogP contribution in [0.15, 0.2) is 18.2 Å². The maximum absolute atomic E-state index is 12.8. The molecule has 0 fully saturated rings. The molecule has 0 unspecified atom stereocenters. The molecule has 16 heavy (non-hydrogen) atoms. The molecular weight excluding hydrogens is 246 g/mol. The summed E-state index contributed by atoms with van der Waals surface area (Å²) in [7, 11) is 0. The van der Waals surface area contributed by atoms with Gasteiger partial charge in [0.2, 0.25) is 0 Å². The fraction of sp³-hybridized carbons (Fsp3) is 0.400. The molecule has 1 aromatic rings. The molecule has 0 radical (unpaired) electrons. The van der Waals surface area contributed by atoms with Crippen molar-refractivity contribution in [2.24, 2.45) is 5.73 Å². The van der Waals surface area contributed by atoms with Crippen LogP contribution in [0.5, 0.6) is 0 Å². The van der Waals surface area contributed by atoms with Gasteiger partial charge < -0.3 is 5.73 Å². The molecule has 0 spiro atoms. The quantitative estimate of drug-likeness (QED) is 0.817. The van der Waals surface area contributed by atoms with Gasteiger partial charge in [0, 0.05) is 17.5 Å². The van der Waals surface area contributed by atoms with E-state index in [2.05, 4.69) is 0 Å². The van der Waals surface area contributed by atoms with Crippen molar-refractivity contribution in [2.45, 2.75) is 25.1 Å². The minimum absolute atomic E-state index is 0.177. The summed E-state index contributed by atoms with van der Waals surface area (Å²) in [6.45, 7) is 0. The van der Waals surface area contributed by atoms with Crippen LogP contribution in [0.1, 0.15) is 24.4 Å². The SMILES string of the molecule is N[C@H](CCC(F)(F)F)c1cc(F)ccc1Cl. The number of halogens is 5. The summed E-state index contributed by atoms with van der Waals surface area (Å²) in [4.78, 5) is 0. The highest BCUT2D eigenvalue weighted by Crippen LogP contribution is 2.29. The predicted octanol–water partition coefficient (Wildman–Crippen LogP) is 3.82. The topological polar surface area (TPSA) is 26.0 Å². The van der Waals surface area contributed by atoms with E-state index in [1.807, 2.05) is 0 Å². The lowest BCUT2D eigenvalue weighted by Crippen LogP contribution is -2.16. The van der Waals surface area contributed by atoms with Gasteiger partial charge in [-0.05, 0) is 30.2 Å². The van der Waals surface area contributed by atoms with E-state index in [1.54, 1.807) is 0 Å². The van der Waals surface area contributed by atoms with Gasteiger partial charge in [0.25, 0.3) is 0 Å². The van der Waals surface area contributed by atoms with E-state index < -0.39 is 24.5 Å². The van der Waals surface area contributed by atoms with Crippen molar-refractivity contribution in [3.63, 3.8) is 0 Å². The fourth-order valence-corrected chi connectivity index (χ4v) is 1.53. The van der Waals surface area contributed by atoms with Crippen LogP contribution in [0.3, 0.4) is 0 Å². The highest BCUT2D eigenvalue weighted by atomic mass is 35.5. The Morgan fingerprint density at radius 2 is 1.94 bits per heavy atom. The Morgan fingerprint density at radius 1 is 1.31 bits per heavy atom. The highest BCUT2D eigenvalue weighted by molar-refractivity contribution is 6.31. The number of hydrogen-bond acceptors (Lipinski definition) is 1. The van der Waals surface area contributed by atoms with E-state index in [1.165, 1.54) is 6.07 Å². The maximum atomic E-state index is 12.8. The molecule has 90 valence electrons. The van der Waals surface area contributed by atoms with E-state index in [0.29, 0.717) is 0 Å². The Balaban J connectivity index is 2.73. The second-order valence-electron chi connectivity index (χ2n) is 3.43. The van der Waals surface area contributed by atoms with Crippen LogP contribution in [0, 0.1) is 5.82 Å². The second kappa shape index (κ2) is 5.01. The Kier molecular flexibility index (Phi) is 4.15. The summed E-state index contributed by atoms with van der Waals surface area (Å²) in [5.41, 5.74) is 5.72. The average Bonchev–Trinajstić information content (AvgIpc) is 2.17. The van der Waals surface area contributed by atoms with Gasteiger partial charge in [0.05, 0.1) is 0 Å². The molecular formula is C10H10ClF4N. The molecule has 6 heteroatoms. The third kappa shape index (κ3) is 3.98. The number of rotatable bonds is 3. The molecule has 1 rings (SSSR count). The van der Waals surface area contributed by atoms with Crippen molar-refractivity contribution in [3.8, 4) is 0 Å². The van der Waals surface area contributed by atoms with Crippen LogP contribution < -0.4 is 5.73 Å². The first-order chi connectivity index (χ1) is 7.29. The number of nitrogens with two attached hydrogens (primary N) is 1. The highest BCUT2D eigenvalue weighted by Gasteiger charge is 2.28. The molecule has 1 atom stereocenters. The lowest BCUT2D eigenvalue weighted by molar-refractivity contribution is -0.136. The van der Waals surface area contributed by atoms with E-state index in [0.717, 1.165) is 12.1 Å². The first kappa shape index (κ1) is 13.3. The Bertz CT molecular complexity index is 364. The summed E-state index contributed by atoms with van der Waals surface area (Å²) in [5.74, 6) is -0.568.